The monoisotopic (exact) mass is 412 g/mol. The Kier molecular flexibility index (Phi) is 5.75. The molecule has 1 fully saturated rings. The molecule has 0 aliphatic carbocycles. The number of nitrogens with zero attached hydrogens (tertiary/aromatic N) is 2. The molecule has 0 N–H and O–H groups in total. The van der Waals surface area contributed by atoms with Gasteiger partial charge in [-0.3, -0.25) is 9.10 Å². The van der Waals surface area contributed by atoms with Crippen molar-refractivity contribution in [1.29, 1.82) is 0 Å². The summed E-state index contributed by atoms with van der Waals surface area (Å²) in [7, 11) is -3.92. The second-order valence-electron chi connectivity index (χ2n) is 6.01. The number of benzene rings is 2. The number of sulfonamides is 1. The predicted molar refractivity (Wildman–Crippen MR) is 103 cm³/mol. The average Bonchev–Trinajstić information content (AvgIpc) is 3.17. The van der Waals surface area contributed by atoms with Crippen LogP contribution in [0, 0.1) is 0 Å². The number of halogens is 2. The Morgan fingerprint density at radius 2 is 1.65 bits per heavy atom. The summed E-state index contributed by atoms with van der Waals surface area (Å²) in [6.45, 7) is 1.02. The number of hydrogen-bond acceptors (Lipinski definition) is 3. The average molecular weight is 413 g/mol. The van der Waals surface area contributed by atoms with Gasteiger partial charge in [-0.25, -0.2) is 8.42 Å². The van der Waals surface area contributed by atoms with E-state index in [1.54, 1.807) is 29.2 Å². The van der Waals surface area contributed by atoms with E-state index in [2.05, 4.69) is 0 Å². The number of anilines is 1. The van der Waals surface area contributed by atoms with Crippen molar-refractivity contribution in [2.75, 3.05) is 23.9 Å². The van der Waals surface area contributed by atoms with Gasteiger partial charge in [0.1, 0.15) is 6.54 Å². The Bertz CT molecular complexity index is 898. The minimum atomic E-state index is -3.92. The topological polar surface area (TPSA) is 57.7 Å². The van der Waals surface area contributed by atoms with Gasteiger partial charge in [0.15, 0.2) is 0 Å². The molecule has 1 aliphatic heterocycles. The van der Waals surface area contributed by atoms with E-state index < -0.39 is 10.0 Å². The molecule has 0 spiro atoms. The lowest BCUT2D eigenvalue weighted by Crippen LogP contribution is -2.42. The molecule has 0 unspecified atom stereocenters. The van der Waals surface area contributed by atoms with Crippen LogP contribution in [-0.4, -0.2) is 38.9 Å². The summed E-state index contributed by atoms with van der Waals surface area (Å²) >= 11 is 12.0. The Morgan fingerprint density at radius 3 is 2.27 bits per heavy atom. The lowest BCUT2D eigenvalue weighted by Gasteiger charge is -2.26. The van der Waals surface area contributed by atoms with Crippen molar-refractivity contribution < 1.29 is 13.2 Å². The highest BCUT2D eigenvalue weighted by molar-refractivity contribution is 7.92. The van der Waals surface area contributed by atoms with E-state index in [1.807, 2.05) is 0 Å². The summed E-state index contributed by atoms with van der Waals surface area (Å²) in [4.78, 5) is 14.4. The van der Waals surface area contributed by atoms with Crippen molar-refractivity contribution >= 4 is 44.8 Å². The molecule has 0 atom stereocenters. The first kappa shape index (κ1) is 19.0. The first-order valence-corrected chi connectivity index (χ1v) is 10.4. The van der Waals surface area contributed by atoms with Crippen molar-refractivity contribution in [2.24, 2.45) is 0 Å². The van der Waals surface area contributed by atoms with E-state index in [9.17, 15) is 13.2 Å². The minimum absolute atomic E-state index is 0.111. The molecule has 2 aromatic rings. The molecular weight excluding hydrogens is 395 g/mol. The summed E-state index contributed by atoms with van der Waals surface area (Å²) in [6.07, 6.45) is 1.87. The van der Waals surface area contributed by atoms with Crippen LogP contribution in [0.2, 0.25) is 10.0 Å². The fourth-order valence-corrected chi connectivity index (χ4v) is 4.58. The van der Waals surface area contributed by atoms with Gasteiger partial charge in [-0.05, 0) is 43.2 Å². The summed E-state index contributed by atoms with van der Waals surface area (Å²) in [6, 6.07) is 12.5. The molecule has 1 amide bonds. The Morgan fingerprint density at radius 1 is 1.00 bits per heavy atom. The number of carbonyl (C=O) groups is 1. The highest BCUT2D eigenvalue weighted by Crippen LogP contribution is 2.30. The van der Waals surface area contributed by atoms with Crippen LogP contribution in [0.5, 0.6) is 0 Å². The minimum Gasteiger partial charge on any atom is -0.341 e. The van der Waals surface area contributed by atoms with Crippen LogP contribution in [0.1, 0.15) is 12.8 Å². The third-order valence-electron chi connectivity index (χ3n) is 4.26. The van der Waals surface area contributed by atoms with Gasteiger partial charge in [0.05, 0.1) is 20.6 Å². The normalized spacial score (nSPS) is 14.5. The zero-order valence-corrected chi connectivity index (χ0v) is 16.3. The van der Waals surface area contributed by atoms with Crippen LogP contribution >= 0.6 is 23.2 Å². The molecule has 0 saturated carbocycles. The fourth-order valence-electron chi connectivity index (χ4n) is 2.86. The van der Waals surface area contributed by atoms with Crippen molar-refractivity contribution in [2.45, 2.75) is 17.7 Å². The van der Waals surface area contributed by atoms with E-state index in [0.717, 1.165) is 17.1 Å². The molecule has 0 aromatic heterocycles. The van der Waals surface area contributed by atoms with Crippen LogP contribution in [0.25, 0.3) is 0 Å². The number of carbonyl (C=O) groups excluding carboxylic acids is 1. The third kappa shape index (κ3) is 3.98. The number of likely N-dealkylation sites (tertiary alicyclic amines) is 1. The van der Waals surface area contributed by atoms with E-state index in [1.165, 1.54) is 24.3 Å². The Hall–Kier alpha value is -1.76. The van der Waals surface area contributed by atoms with Gasteiger partial charge in [0, 0.05) is 13.1 Å². The maximum absolute atomic E-state index is 13.2. The van der Waals surface area contributed by atoms with E-state index >= 15 is 0 Å². The van der Waals surface area contributed by atoms with E-state index in [-0.39, 0.29) is 22.4 Å². The van der Waals surface area contributed by atoms with Crippen molar-refractivity contribution in [1.82, 2.24) is 4.90 Å². The molecule has 1 heterocycles. The van der Waals surface area contributed by atoms with Crippen LogP contribution in [0.3, 0.4) is 0 Å². The standard InChI is InChI=1S/C18H18Cl2N2O3S/c19-16-9-8-14(12-17(16)20)22(13-18(23)21-10-4-5-11-21)26(24,25)15-6-2-1-3-7-15/h1-3,6-9,12H,4-5,10-11,13H2. The number of amides is 1. The highest BCUT2D eigenvalue weighted by Gasteiger charge is 2.30. The Labute approximate surface area is 163 Å². The predicted octanol–water partition coefficient (Wildman–Crippen LogP) is 3.81. The van der Waals surface area contributed by atoms with Gasteiger partial charge in [-0.2, -0.15) is 0 Å². The van der Waals surface area contributed by atoms with Gasteiger partial charge in [-0.1, -0.05) is 41.4 Å². The van der Waals surface area contributed by atoms with Crippen LogP contribution in [0.4, 0.5) is 5.69 Å². The largest absolute Gasteiger partial charge is 0.341 e. The van der Waals surface area contributed by atoms with Gasteiger partial charge < -0.3 is 4.90 Å². The second kappa shape index (κ2) is 7.86. The fraction of sp³-hybridized carbons (Fsp3) is 0.278. The molecule has 3 rings (SSSR count). The van der Waals surface area contributed by atoms with Gasteiger partial charge in [0.2, 0.25) is 5.91 Å². The van der Waals surface area contributed by atoms with Gasteiger partial charge >= 0.3 is 0 Å². The summed E-state index contributed by atoms with van der Waals surface area (Å²) in [5.74, 6) is -0.229. The first-order chi connectivity index (χ1) is 12.4. The molecule has 2 aromatic carbocycles. The van der Waals surface area contributed by atoms with Gasteiger partial charge in [0.25, 0.3) is 10.0 Å². The van der Waals surface area contributed by atoms with Crippen molar-refractivity contribution in [3.63, 3.8) is 0 Å². The quantitative estimate of drug-likeness (QED) is 0.749. The SMILES string of the molecule is O=C(CN(c1ccc(Cl)c(Cl)c1)S(=O)(=O)c1ccccc1)N1CCCC1. The second-order valence-corrected chi connectivity index (χ2v) is 8.69. The zero-order valence-electron chi connectivity index (χ0n) is 13.9. The summed E-state index contributed by atoms with van der Waals surface area (Å²) < 4.78 is 27.4. The summed E-state index contributed by atoms with van der Waals surface area (Å²) in [5, 5.41) is 0.546. The van der Waals surface area contributed by atoms with E-state index in [4.69, 9.17) is 23.2 Å². The molecule has 138 valence electrons. The van der Waals surface area contributed by atoms with Crippen LogP contribution < -0.4 is 4.31 Å². The van der Waals surface area contributed by atoms with Crippen molar-refractivity contribution in [3.8, 4) is 0 Å². The lowest BCUT2D eigenvalue weighted by atomic mass is 10.3. The molecule has 1 saturated heterocycles. The molecular formula is C18H18Cl2N2O3S. The molecule has 26 heavy (non-hydrogen) atoms. The van der Waals surface area contributed by atoms with Crippen molar-refractivity contribution in [3.05, 3.63) is 58.6 Å². The molecule has 8 heteroatoms. The molecule has 0 radical (unpaired) electrons. The molecule has 5 nitrogen and oxygen atoms in total. The van der Waals surface area contributed by atoms with E-state index in [0.29, 0.717) is 23.8 Å². The highest BCUT2D eigenvalue weighted by atomic mass is 35.5. The maximum Gasteiger partial charge on any atom is 0.264 e. The third-order valence-corrected chi connectivity index (χ3v) is 6.79. The molecule has 0 bridgehead atoms. The first-order valence-electron chi connectivity index (χ1n) is 8.20. The zero-order chi connectivity index (χ0) is 18.7. The number of hydrogen-bond donors (Lipinski definition) is 0. The maximum atomic E-state index is 13.2. The van der Waals surface area contributed by atoms with Crippen LogP contribution in [0.15, 0.2) is 53.4 Å². The van der Waals surface area contributed by atoms with Crippen LogP contribution in [-0.2, 0) is 14.8 Å². The molecule has 1 aliphatic rings. The number of rotatable bonds is 5. The summed E-state index contributed by atoms with van der Waals surface area (Å²) in [5.41, 5.74) is 0.302. The Balaban J connectivity index is 2.00. The van der Waals surface area contributed by atoms with Gasteiger partial charge in [-0.15, -0.1) is 0 Å². The smallest absolute Gasteiger partial charge is 0.264 e. The lowest BCUT2D eigenvalue weighted by molar-refractivity contribution is -0.128.